The molecule has 0 saturated carbocycles. The highest BCUT2D eigenvalue weighted by Gasteiger charge is 2.17. The summed E-state index contributed by atoms with van der Waals surface area (Å²) in [6.07, 6.45) is 0. The fourth-order valence-corrected chi connectivity index (χ4v) is 2.32. The Kier molecular flexibility index (Phi) is 4.40. The van der Waals surface area contributed by atoms with Gasteiger partial charge in [-0.15, -0.1) is 0 Å². The average molecular weight is 188 g/mol. The number of rotatable bonds is 3. The first-order valence-corrected chi connectivity index (χ1v) is 5.80. The van der Waals surface area contributed by atoms with Crippen LogP contribution in [0.4, 0.5) is 0 Å². The van der Waals surface area contributed by atoms with Crippen molar-refractivity contribution in [3.63, 3.8) is 0 Å². The lowest BCUT2D eigenvalue weighted by molar-refractivity contribution is 0.160. The molecule has 1 aliphatic rings. The lowest BCUT2D eigenvalue weighted by atomic mass is 10.3. The fourth-order valence-electron chi connectivity index (χ4n) is 1.53. The molecule has 1 heterocycles. The van der Waals surface area contributed by atoms with E-state index in [0.29, 0.717) is 0 Å². The first-order valence-electron chi connectivity index (χ1n) is 4.86. The second kappa shape index (κ2) is 5.10. The Balaban J connectivity index is 2.20. The van der Waals surface area contributed by atoms with Crippen LogP contribution in [0, 0.1) is 0 Å². The molecule has 0 aromatic heterocycles. The largest absolute Gasteiger partial charge is 0.298 e. The summed E-state index contributed by atoms with van der Waals surface area (Å²) in [5.74, 6) is 1.21. The Labute approximate surface area is 80.4 Å². The molecule has 0 radical (unpaired) electrons. The average Bonchev–Trinajstić information content (AvgIpc) is 2.06. The van der Waals surface area contributed by atoms with E-state index in [2.05, 4.69) is 30.0 Å². The molecule has 0 spiro atoms. The van der Waals surface area contributed by atoms with Crippen molar-refractivity contribution < 1.29 is 0 Å². The van der Waals surface area contributed by atoms with Gasteiger partial charge in [0.05, 0.1) is 0 Å². The Morgan fingerprint density at radius 3 is 2.17 bits per heavy atom. The van der Waals surface area contributed by atoms with Crippen molar-refractivity contribution in [2.75, 3.05) is 31.9 Å². The van der Waals surface area contributed by atoms with E-state index in [4.69, 9.17) is 0 Å². The predicted octanol–water partition coefficient (Wildman–Crippen LogP) is 1.68. The minimum absolute atomic E-state index is 0.721. The normalized spacial score (nSPS) is 22.0. The maximum Gasteiger partial charge on any atom is 0.0218 e. The summed E-state index contributed by atoms with van der Waals surface area (Å²) in [5.41, 5.74) is 0. The van der Waals surface area contributed by atoms with Crippen molar-refractivity contribution in [3.05, 3.63) is 0 Å². The van der Waals surface area contributed by atoms with Gasteiger partial charge in [-0.3, -0.25) is 4.90 Å². The molecule has 3 heteroatoms. The Bertz CT molecular complexity index is 120. The van der Waals surface area contributed by atoms with E-state index < -0.39 is 0 Å². The standard InChI is InChI=1S/C9H20N2S/c1-4-12-11-7-5-10(6-8-11)9(2)3/h9H,4-8H2,1-3H3. The Hall–Kier alpha value is 0.270. The van der Waals surface area contributed by atoms with E-state index in [1.165, 1.54) is 31.9 Å². The molecule has 0 amide bonds. The highest BCUT2D eigenvalue weighted by Crippen LogP contribution is 2.13. The van der Waals surface area contributed by atoms with Gasteiger partial charge < -0.3 is 0 Å². The third-order valence-corrected chi connectivity index (χ3v) is 3.30. The molecule has 12 heavy (non-hydrogen) atoms. The minimum atomic E-state index is 0.721. The van der Waals surface area contributed by atoms with Crippen molar-refractivity contribution in [1.29, 1.82) is 0 Å². The predicted molar refractivity (Wildman–Crippen MR) is 56.4 cm³/mol. The zero-order valence-electron chi connectivity index (χ0n) is 8.42. The summed E-state index contributed by atoms with van der Waals surface area (Å²) in [7, 11) is 0. The van der Waals surface area contributed by atoms with Crippen LogP contribution in [0.5, 0.6) is 0 Å². The topological polar surface area (TPSA) is 6.48 Å². The van der Waals surface area contributed by atoms with E-state index in [-0.39, 0.29) is 0 Å². The summed E-state index contributed by atoms with van der Waals surface area (Å²) in [6, 6.07) is 0.721. The van der Waals surface area contributed by atoms with Gasteiger partial charge in [-0.25, -0.2) is 4.31 Å². The van der Waals surface area contributed by atoms with Crippen LogP contribution in [-0.4, -0.2) is 47.2 Å². The maximum atomic E-state index is 2.55. The SMILES string of the molecule is CCSN1CCN(C(C)C)CC1. The van der Waals surface area contributed by atoms with E-state index >= 15 is 0 Å². The molecule has 2 nitrogen and oxygen atoms in total. The van der Waals surface area contributed by atoms with Crippen molar-refractivity contribution in [1.82, 2.24) is 9.21 Å². The monoisotopic (exact) mass is 188 g/mol. The zero-order chi connectivity index (χ0) is 8.97. The van der Waals surface area contributed by atoms with E-state index in [0.717, 1.165) is 6.04 Å². The summed E-state index contributed by atoms with van der Waals surface area (Å²) in [5, 5.41) is 0. The van der Waals surface area contributed by atoms with Crippen LogP contribution in [0.1, 0.15) is 20.8 Å². The molecule has 0 unspecified atom stereocenters. The van der Waals surface area contributed by atoms with Crippen LogP contribution in [0.25, 0.3) is 0 Å². The van der Waals surface area contributed by atoms with Gasteiger partial charge in [0.25, 0.3) is 0 Å². The molecule has 0 aromatic rings. The Morgan fingerprint density at radius 1 is 1.17 bits per heavy atom. The highest BCUT2D eigenvalue weighted by atomic mass is 32.2. The van der Waals surface area contributed by atoms with E-state index in [9.17, 15) is 0 Å². The van der Waals surface area contributed by atoms with Crippen molar-refractivity contribution >= 4 is 11.9 Å². The number of hydrogen-bond donors (Lipinski definition) is 0. The van der Waals surface area contributed by atoms with Crippen molar-refractivity contribution in [2.24, 2.45) is 0 Å². The molecular formula is C9H20N2S. The van der Waals surface area contributed by atoms with Gasteiger partial charge in [0.1, 0.15) is 0 Å². The first-order chi connectivity index (χ1) is 5.74. The van der Waals surface area contributed by atoms with Crippen LogP contribution in [-0.2, 0) is 0 Å². The molecule has 0 atom stereocenters. The summed E-state index contributed by atoms with van der Waals surface area (Å²) in [6.45, 7) is 11.7. The fraction of sp³-hybridized carbons (Fsp3) is 1.00. The van der Waals surface area contributed by atoms with E-state index in [1.807, 2.05) is 11.9 Å². The smallest absolute Gasteiger partial charge is 0.0218 e. The summed E-state index contributed by atoms with van der Waals surface area (Å²) in [4.78, 5) is 2.55. The number of nitrogens with zero attached hydrogens (tertiary/aromatic N) is 2. The molecule has 0 aliphatic carbocycles. The van der Waals surface area contributed by atoms with Crippen molar-refractivity contribution in [3.8, 4) is 0 Å². The second-order valence-electron chi connectivity index (χ2n) is 3.48. The van der Waals surface area contributed by atoms with Gasteiger partial charge in [0, 0.05) is 38.0 Å². The lowest BCUT2D eigenvalue weighted by Crippen LogP contribution is -2.46. The van der Waals surface area contributed by atoms with Gasteiger partial charge in [0.2, 0.25) is 0 Å². The molecule has 72 valence electrons. The third kappa shape index (κ3) is 2.96. The molecule has 0 N–H and O–H groups in total. The highest BCUT2D eigenvalue weighted by molar-refractivity contribution is 7.96. The Morgan fingerprint density at radius 2 is 1.75 bits per heavy atom. The maximum absolute atomic E-state index is 2.55. The molecule has 1 fully saturated rings. The molecule has 1 saturated heterocycles. The van der Waals surface area contributed by atoms with Crippen LogP contribution in [0.15, 0.2) is 0 Å². The molecule has 1 rings (SSSR count). The molecule has 1 aliphatic heterocycles. The third-order valence-electron chi connectivity index (χ3n) is 2.32. The zero-order valence-corrected chi connectivity index (χ0v) is 9.23. The molecule has 0 aromatic carbocycles. The number of hydrogen-bond acceptors (Lipinski definition) is 3. The lowest BCUT2D eigenvalue weighted by Gasteiger charge is -2.35. The summed E-state index contributed by atoms with van der Waals surface area (Å²) >= 11 is 1.97. The van der Waals surface area contributed by atoms with Crippen LogP contribution < -0.4 is 0 Å². The molecule has 0 bridgehead atoms. The van der Waals surface area contributed by atoms with Gasteiger partial charge in [-0.05, 0) is 13.8 Å². The van der Waals surface area contributed by atoms with Crippen LogP contribution >= 0.6 is 11.9 Å². The van der Waals surface area contributed by atoms with Crippen molar-refractivity contribution in [2.45, 2.75) is 26.8 Å². The molecular weight excluding hydrogens is 168 g/mol. The van der Waals surface area contributed by atoms with E-state index in [1.54, 1.807) is 0 Å². The van der Waals surface area contributed by atoms with Gasteiger partial charge >= 0.3 is 0 Å². The van der Waals surface area contributed by atoms with Crippen LogP contribution in [0.3, 0.4) is 0 Å². The second-order valence-corrected chi connectivity index (χ2v) is 4.83. The van der Waals surface area contributed by atoms with Gasteiger partial charge in [0.15, 0.2) is 0 Å². The quantitative estimate of drug-likeness (QED) is 0.622. The summed E-state index contributed by atoms with van der Waals surface area (Å²) < 4.78 is 2.48. The number of piperazine rings is 1. The van der Waals surface area contributed by atoms with Crippen LogP contribution in [0.2, 0.25) is 0 Å². The van der Waals surface area contributed by atoms with Gasteiger partial charge in [-0.2, -0.15) is 0 Å². The minimum Gasteiger partial charge on any atom is -0.298 e. The first kappa shape index (κ1) is 10.4. The van der Waals surface area contributed by atoms with Gasteiger partial charge in [-0.1, -0.05) is 18.9 Å².